The zero-order valence-corrected chi connectivity index (χ0v) is 18.8. The zero-order valence-electron chi connectivity index (χ0n) is 16.4. The van der Waals surface area contributed by atoms with Crippen molar-refractivity contribution in [3.05, 3.63) is 47.2 Å². The number of β-lactam (4-membered cyclic amide) rings is 1. The van der Waals surface area contributed by atoms with Gasteiger partial charge in [0, 0.05) is 5.33 Å². The average molecular weight is 483 g/mol. The monoisotopic (exact) mass is 482 g/mol. The fourth-order valence-electron chi connectivity index (χ4n) is 3.28. The lowest BCUT2D eigenvalue weighted by atomic mass is 10.0. The van der Waals surface area contributed by atoms with E-state index in [1.165, 1.54) is 4.90 Å². The lowest BCUT2D eigenvalue weighted by Gasteiger charge is -2.49. The number of hydrogen-bond acceptors (Lipinski definition) is 5. The van der Waals surface area contributed by atoms with Gasteiger partial charge >= 0.3 is 5.97 Å². The summed E-state index contributed by atoms with van der Waals surface area (Å²) in [6.45, 7) is 5.22. The van der Waals surface area contributed by atoms with E-state index in [9.17, 15) is 18.6 Å². The standard InChI is InChI=1S/C20H23BrN2O5S/c1-20(2,3)28-19(26)16-13(10-21)11-29(27)18-15(17(25)23(16)18)22-14(24)9-12-7-5-4-6-8-12/h4-8,15,18H,9-11H2,1-3H3,(H,22,24)/t15-,18-,29+/m1/s1. The summed E-state index contributed by atoms with van der Waals surface area (Å²) in [5.74, 6) is -1.28. The number of nitrogens with zero attached hydrogens (tertiary/aromatic N) is 1. The van der Waals surface area contributed by atoms with E-state index in [0.717, 1.165) is 5.56 Å². The molecule has 1 N–H and O–H groups in total. The van der Waals surface area contributed by atoms with Gasteiger partial charge in [0.25, 0.3) is 5.91 Å². The third-order valence-corrected chi connectivity index (χ3v) is 6.81. The molecule has 0 spiro atoms. The number of carbonyl (C=O) groups is 3. The molecular formula is C20H23BrN2O5S. The van der Waals surface area contributed by atoms with Crippen molar-refractivity contribution in [2.75, 3.05) is 11.1 Å². The summed E-state index contributed by atoms with van der Waals surface area (Å²) in [4.78, 5) is 39.1. The molecule has 1 fully saturated rings. The van der Waals surface area contributed by atoms with E-state index in [4.69, 9.17) is 4.74 Å². The molecule has 3 rings (SSSR count). The van der Waals surface area contributed by atoms with Crippen molar-refractivity contribution in [1.29, 1.82) is 0 Å². The molecule has 1 aromatic rings. The Bertz CT molecular complexity index is 894. The smallest absolute Gasteiger partial charge is 0.355 e. The number of ether oxygens (including phenoxy) is 1. The maximum absolute atomic E-state index is 12.8. The highest BCUT2D eigenvalue weighted by molar-refractivity contribution is 9.09. The predicted molar refractivity (Wildman–Crippen MR) is 112 cm³/mol. The molecule has 156 valence electrons. The van der Waals surface area contributed by atoms with E-state index in [0.29, 0.717) is 10.9 Å². The SMILES string of the molecule is CC(C)(C)OC(=O)C1=C(CBr)C[S@](=O)[C@@H]2[C@H](NC(=O)Cc3ccccc3)C(=O)N12. The van der Waals surface area contributed by atoms with Gasteiger partial charge < -0.3 is 10.1 Å². The number of rotatable bonds is 5. The Labute approximate surface area is 180 Å². The maximum atomic E-state index is 12.8. The van der Waals surface area contributed by atoms with Crippen LogP contribution in [0.3, 0.4) is 0 Å². The van der Waals surface area contributed by atoms with Crippen LogP contribution in [0.1, 0.15) is 26.3 Å². The molecule has 0 bridgehead atoms. The molecular weight excluding hydrogens is 460 g/mol. The number of carbonyl (C=O) groups excluding carboxylic acids is 3. The molecule has 2 heterocycles. The second kappa shape index (κ2) is 8.39. The van der Waals surface area contributed by atoms with Crippen molar-refractivity contribution in [3.8, 4) is 0 Å². The van der Waals surface area contributed by atoms with Gasteiger partial charge in [-0.2, -0.15) is 0 Å². The van der Waals surface area contributed by atoms with Crippen molar-refractivity contribution in [3.63, 3.8) is 0 Å². The Kier molecular flexibility index (Phi) is 6.28. The molecule has 0 unspecified atom stereocenters. The molecule has 2 aliphatic rings. The van der Waals surface area contributed by atoms with Gasteiger partial charge in [-0.15, -0.1) is 0 Å². The largest absolute Gasteiger partial charge is 0.455 e. The highest BCUT2D eigenvalue weighted by Gasteiger charge is 2.57. The number of amides is 2. The summed E-state index contributed by atoms with van der Waals surface area (Å²) in [5, 5.41) is 2.20. The van der Waals surface area contributed by atoms with Crippen LogP contribution >= 0.6 is 15.9 Å². The average Bonchev–Trinajstić information content (AvgIpc) is 2.64. The number of hydrogen-bond donors (Lipinski definition) is 1. The number of fused-ring (bicyclic) bond motifs is 1. The van der Waals surface area contributed by atoms with Crippen LogP contribution in [0.15, 0.2) is 41.6 Å². The molecule has 0 aromatic heterocycles. The number of halogens is 1. The molecule has 1 saturated heterocycles. The molecule has 29 heavy (non-hydrogen) atoms. The van der Waals surface area contributed by atoms with E-state index >= 15 is 0 Å². The van der Waals surface area contributed by atoms with Crippen molar-refractivity contribution >= 4 is 44.5 Å². The van der Waals surface area contributed by atoms with Gasteiger partial charge in [-0.1, -0.05) is 46.3 Å². The summed E-state index contributed by atoms with van der Waals surface area (Å²) >= 11 is 3.30. The summed E-state index contributed by atoms with van der Waals surface area (Å²) in [6.07, 6.45) is 0.116. The molecule has 7 nitrogen and oxygen atoms in total. The van der Waals surface area contributed by atoms with E-state index in [1.807, 2.05) is 30.3 Å². The van der Waals surface area contributed by atoms with Crippen LogP contribution in [0, 0.1) is 0 Å². The fraction of sp³-hybridized carbons (Fsp3) is 0.450. The van der Waals surface area contributed by atoms with Crippen molar-refractivity contribution in [2.45, 2.75) is 44.2 Å². The zero-order chi connectivity index (χ0) is 21.3. The van der Waals surface area contributed by atoms with Gasteiger partial charge in [0.15, 0.2) is 0 Å². The van der Waals surface area contributed by atoms with Crippen LogP contribution in [0.4, 0.5) is 0 Å². The van der Waals surface area contributed by atoms with Crippen LogP contribution in [-0.2, 0) is 36.3 Å². The number of esters is 1. The van der Waals surface area contributed by atoms with Crippen LogP contribution in [0.2, 0.25) is 0 Å². The van der Waals surface area contributed by atoms with Gasteiger partial charge in [-0.25, -0.2) is 4.79 Å². The van der Waals surface area contributed by atoms with Gasteiger partial charge in [0.1, 0.15) is 22.7 Å². The normalized spacial score (nSPS) is 23.9. The van der Waals surface area contributed by atoms with E-state index in [2.05, 4.69) is 21.2 Å². The first kappa shape index (κ1) is 21.7. The van der Waals surface area contributed by atoms with Gasteiger partial charge in [-0.05, 0) is 31.9 Å². The Balaban J connectivity index is 1.78. The molecule has 2 amide bonds. The molecule has 0 radical (unpaired) electrons. The first-order valence-electron chi connectivity index (χ1n) is 9.17. The molecule has 0 aliphatic carbocycles. The van der Waals surface area contributed by atoms with Crippen LogP contribution in [0.5, 0.6) is 0 Å². The molecule has 9 heteroatoms. The van der Waals surface area contributed by atoms with Crippen LogP contribution < -0.4 is 5.32 Å². The van der Waals surface area contributed by atoms with E-state index in [1.54, 1.807) is 20.8 Å². The summed E-state index contributed by atoms with van der Waals surface area (Å²) in [7, 11) is -1.44. The minimum atomic E-state index is -1.44. The highest BCUT2D eigenvalue weighted by atomic mass is 79.9. The lowest BCUT2D eigenvalue weighted by molar-refractivity contribution is -0.159. The minimum Gasteiger partial charge on any atom is -0.455 e. The topological polar surface area (TPSA) is 92.8 Å². The molecule has 0 saturated carbocycles. The van der Waals surface area contributed by atoms with Crippen LogP contribution in [0.25, 0.3) is 0 Å². The highest BCUT2D eigenvalue weighted by Crippen LogP contribution is 2.36. The third-order valence-electron chi connectivity index (χ3n) is 4.48. The Morgan fingerprint density at radius 3 is 2.52 bits per heavy atom. The second-order valence-electron chi connectivity index (χ2n) is 7.92. The predicted octanol–water partition coefficient (Wildman–Crippen LogP) is 1.64. The van der Waals surface area contributed by atoms with E-state index in [-0.39, 0.29) is 23.8 Å². The minimum absolute atomic E-state index is 0.116. The van der Waals surface area contributed by atoms with Crippen molar-refractivity contribution in [2.24, 2.45) is 0 Å². The first-order valence-corrected chi connectivity index (χ1v) is 11.7. The van der Waals surface area contributed by atoms with Crippen LogP contribution in [-0.4, -0.2) is 55.0 Å². The van der Waals surface area contributed by atoms with E-state index < -0.39 is 39.7 Å². The quantitative estimate of drug-likeness (QED) is 0.391. The number of alkyl halides is 1. The third kappa shape index (κ3) is 4.61. The van der Waals surface area contributed by atoms with Gasteiger partial charge in [0.05, 0.1) is 23.0 Å². The Hall–Kier alpha value is -2.00. The second-order valence-corrected chi connectivity index (χ2v) is 10.0. The summed E-state index contributed by atoms with van der Waals surface area (Å²) < 4.78 is 18.2. The van der Waals surface area contributed by atoms with Gasteiger partial charge in [-0.3, -0.25) is 18.7 Å². The number of nitrogens with one attached hydrogen (secondary N) is 1. The fourth-order valence-corrected chi connectivity index (χ4v) is 5.69. The first-order chi connectivity index (χ1) is 13.6. The van der Waals surface area contributed by atoms with Gasteiger partial charge in [0.2, 0.25) is 5.91 Å². The summed E-state index contributed by atoms with van der Waals surface area (Å²) in [5.41, 5.74) is 0.760. The Morgan fingerprint density at radius 2 is 1.93 bits per heavy atom. The Morgan fingerprint density at radius 1 is 1.28 bits per heavy atom. The molecule has 2 aliphatic heterocycles. The van der Waals surface area contributed by atoms with Crippen molar-refractivity contribution < 1.29 is 23.3 Å². The molecule has 1 aromatic carbocycles. The number of benzene rings is 1. The van der Waals surface area contributed by atoms with Crippen molar-refractivity contribution in [1.82, 2.24) is 10.2 Å². The lowest BCUT2D eigenvalue weighted by Crippen LogP contribution is -2.73. The maximum Gasteiger partial charge on any atom is 0.355 e. The molecule has 3 atom stereocenters. The summed E-state index contributed by atoms with van der Waals surface area (Å²) in [6, 6.07) is 8.23.